The Kier molecular flexibility index (Phi) is 6.35. The zero-order chi connectivity index (χ0) is 24.4. The normalized spacial score (nSPS) is 13.9. The van der Waals surface area contributed by atoms with Gasteiger partial charge in [-0.15, -0.1) is 0 Å². The van der Waals surface area contributed by atoms with E-state index in [0.29, 0.717) is 30.0 Å². The Bertz CT molecular complexity index is 1330. The minimum Gasteiger partial charge on any atom is -0.368 e. The molecule has 0 saturated carbocycles. The maximum atomic E-state index is 13.6. The lowest BCUT2D eigenvalue weighted by Gasteiger charge is -2.37. The summed E-state index contributed by atoms with van der Waals surface area (Å²) in [5.74, 6) is -0.834. The van der Waals surface area contributed by atoms with Crippen LogP contribution in [0.4, 0.5) is 20.2 Å². The van der Waals surface area contributed by atoms with E-state index in [1.54, 1.807) is 4.40 Å². The number of fused-ring (bicyclic) bond motifs is 1. The van der Waals surface area contributed by atoms with Crippen LogP contribution >= 0.6 is 0 Å². The molecule has 6 nitrogen and oxygen atoms in total. The highest BCUT2D eigenvalue weighted by atomic mass is 19.1. The third kappa shape index (κ3) is 4.82. The molecule has 0 aliphatic carbocycles. The van der Waals surface area contributed by atoms with Crippen molar-refractivity contribution in [2.45, 2.75) is 19.9 Å². The number of aromatic nitrogens is 2. The average molecular weight is 476 g/mol. The van der Waals surface area contributed by atoms with Gasteiger partial charge in [-0.25, -0.2) is 13.8 Å². The standard InChI is InChI=1S/C27H27F2N5O/c1-2-24-26(34-12-11-21(29)17-25(34)31-24)27(35)30-18-19-3-7-22(8-4-19)32-13-15-33(16-14-32)23-9-5-20(28)6-10-23/h3-12,17H,2,13-16,18H2,1H3,(H,30,35). The molecule has 0 spiro atoms. The van der Waals surface area contributed by atoms with Gasteiger partial charge in [0.15, 0.2) is 0 Å². The second-order valence-corrected chi connectivity index (χ2v) is 8.63. The molecule has 1 aliphatic heterocycles. The van der Waals surface area contributed by atoms with Gasteiger partial charge >= 0.3 is 0 Å². The number of amides is 1. The number of hydrogen-bond donors (Lipinski definition) is 1. The second-order valence-electron chi connectivity index (χ2n) is 8.63. The summed E-state index contributed by atoms with van der Waals surface area (Å²) in [6.45, 7) is 5.80. The van der Waals surface area contributed by atoms with Crippen LogP contribution in [0.5, 0.6) is 0 Å². The monoisotopic (exact) mass is 475 g/mol. The lowest BCUT2D eigenvalue weighted by molar-refractivity contribution is 0.0944. The summed E-state index contributed by atoms with van der Waals surface area (Å²) in [4.78, 5) is 21.9. The maximum absolute atomic E-state index is 13.6. The smallest absolute Gasteiger partial charge is 0.270 e. The van der Waals surface area contributed by atoms with Crippen LogP contribution in [0, 0.1) is 11.6 Å². The largest absolute Gasteiger partial charge is 0.368 e. The lowest BCUT2D eigenvalue weighted by Crippen LogP contribution is -2.46. The van der Waals surface area contributed by atoms with Gasteiger partial charge in [0.1, 0.15) is 23.0 Å². The molecule has 2 aromatic heterocycles. The van der Waals surface area contributed by atoms with Crippen LogP contribution in [0.1, 0.15) is 28.7 Å². The highest BCUT2D eigenvalue weighted by molar-refractivity contribution is 5.94. The van der Waals surface area contributed by atoms with Crippen molar-refractivity contribution >= 4 is 22.9 Å². The van der Waals surface area contributed by atoms with Crippen molar-refractivity contribution < 1.29 is 13.6 Å². The van der Waals surface area contributed by atoms with Crippen LogP contribution in [0.25, 0.3) is 5.65 Å². The molecule has 0 bridgehead atoms. The molecule has 1 amide bonds. The number of nitrogens with zero attached hydrogens (tertiary/aromatic N) is 4. The molecule has 1 N–H and O–H groups in total. The van der Waals surface area contributed by atoms with Gasteiger partial charge in [0.25, 0.3) is 5.91 Å². The number of hydrogen-bond acceptors (Lipinski definition) is 4. The van der Waals surface area contributed by atoms with Gasteiger partial charge in [0.2, 0.25) is 0 Å². The van der Waals surface area contributed by atoms with E-state index >= 15 is 0 Å². The second kappa shape index (κ2) is 9.74. The van der Waals surface area contributed by atoms with Crippen molar-refractivity contribution in [2.24, 2.45) is 0 Å². The number of pyridine rings is 1. The topological polar surface area (TPSA) is 52.9 Å². The first kappa shape index (κ1) is 22.8. The van der Waals surface area contributed by atoms with Gasteiger partial charge in [-0.2, -0.15) is 0 Å². The van der Waals surface area contributed by atoms with Crippen molar-refractivity contribution in [1.82, 2.24) is 14.7 Å². The van der Waals surface area contributed by atoms with Crippen LogP contribution < -0.4 is 15.1 Å². The summed E-state index contributed by atoms with van der Waals surface area (Å²) in [6.07, 6.45) is 2.12. The quantitative estimate of drug-likeness (QED) is 0.448. The molecule has 1 fully saturated rings. The van der Waals surface area contributed by atoms with Crippen LogP contribution in [0.3, 0.4) is 0 Å². The van der Waals surface area contributed by atoms with Gasteiger partial charge in [0.05, 0.1) is 5.69 Å². The van der Waals surface area contributed by atoms with Crippen molar-refractivity contribution in [3.05, 3.63) is 95.4 Å². The Balaban J connectivity index is 1.19. The van der Waals surface area contributed by atoms with E-state index in [1.165, 1.54) is 30.5 Å². The Morgan fingerprint density at radius 1 is 0.886 bits per heavy atom. The van der Waals surface area contributed by atoms with Crippen LogP contribution in [-0.4, -0.2) is 41.5 Å². The fourth-order valence-electron chi connectivity index (χ4n) is 4.52. The number of aryl methyl sites for hydroxylation is 1. The van der Waals surface area contributed by atoms with Crippen LogP contribution in [0.2, 0.25) is 0 Å². The number of carbonyl (C=O) groups is 1. The number of benzene rings is 2. The summed E-state index contributed by atoms with van der Waals surface area (Å²) in [7, 11) is 0. The van der Waals surface area contributed by atoms with E-state index in [-0.39, 0.29) is 17.5 Å². The Morgan fingerprint density at radius 3 is 2.09 bits per heavy atom. The third-order valence-electron chi connectivity index (χ3n) is 6.44. The van der Waals surface area contributed by atoms with Gasteiger partial charge < -0.3 is 15.1 Å². The first-order valence-electron chi connectivity index (χ1n) is 11.8. The number of nitrogens with one attached hydrogen (secondary N) is 1. The van der Waals surface area contributed by atoms with Crippen molar-refractivity contribution in [2.75, 3.05) is 36.0 Å². The molecule has 180 valence electrons. The lowest BCUT2D eigenvalue weighted by atomic mass is 10.1. The number of anilines is 2. The van der Waals surface area contributed by atoms with E-state index in [9.17, 15) is 13.6 Å². The van der Waals surface area contributed by atoms with Crippen molar-refractivity contribution in [1.29, 1.82) is 0 Å². The molecule has 0 unspecified atom stereocenters. The van der Waals surface area contributed by atoms with Gasteiger partial charge in [-0.05, 0) is 54.4 Å². The molecule has 8 heteroatoms. The predicted molar refractivity (Wildman–Crippen MR) is 133 cm³/mol. The minimum absolute atomic E-state index is 0.219. The molecule has 3 heterocycles. The Labute approximate surface area is 202 Å². The number of halogens is 2. The van der Waals surface area contributed by atoms with E-state index in [0.717, 1.165) is 43.1 Å². The Morgan fingerprint density at radius 2 is 1.49 bits per heavy atom. The first-order valence-corrected chi connectivity index (χ1v) is 11.8. The molecule has 35 heavy (non-hydrogen) atoms. The molecular weight excluding hydrogens is 448 g/mol. The molecule has 2 aromatic carbocycles. The van der Waals surface area contributed by atoms with Gasteiger partial charge in [-0.1, -0.05) is 19.1 Å². The van der Waals surface area contributed by atoms with Crippen LogP contribution in [0.15, 0.2) is 66.9 Å². The van der Waals surface area contributed by atoms with E-state index in [2.05, 4.69) is 32.2 Å². The van der Waals surface area contributed by atoms with E-state index in [1.807, 2.05) is 31.2 Å². The van der Waals surface area contributed by atoms with Gasteiger partial charge in [0, 0.05) is 56.4 Å². The summed E-state index contributed by atoms with van der Waals surface area (Å²) in [5.41, 5.74) is 4.68. The van der Waals surface area contributed by atoms with E-state index in [4.69, 9.17) is 0 Å². The minimum atomic E-state index is -0.380. The molecule has 0 radical (unpaired) electrons. The molecule has 0 atom stereocenters. The molecular formula is C27H27F2N5O. The highest BCUT2D eigenvalue weighted by Gasteiger charge is 2.19. The number of piperazine rings is 1. The Hall–Kier alpha value is -3.94. The molecule has 1 aliphatic rings. The summed E-state index contributed by atoms with van der Waals surface area (Å²) < 4.78 is 28.4. The number of rotatable bonds is 6. The van der Waals surface area contributed by atoms with Crippen molar-refractivity contribution in [3.63, 3.8) is 0 Å². The van der Waals surface area contributed by atoms with E-state index < -0.39 is 0 Å². The first-order chi connectivity index (χ1) is 17.0. The summed E-state index contributed by atoms with van der Waals surface area (Å²) >= 11 is 0. The van der Waals surface area contributed by atoms with Gasteiger partial charge in [-0.3, -0.25) is 9.20 Å². The average Bonchev–Trinajstić information content (AvgIpc) is 3.26. The molecule has 1 saturated heterocycles. The number of carbonyl (C=O) groups excluding carboxylic acids is 1. The summed E-state index contributed by atoms with van der Waals surface area (Å²) in [5, 5.41) is 2.97. The highest BCUT2D eigenvalue weighted by Crippen LogP contribution is 2.22. The van der Waals surface area contributed by atoms with Crippen LogP contribution in [-0.2, 0) is 13.0 Å². The third-order valence-corrected chi connectivity index (χ3v) is 6.44. The number of imidazole rings is 1. The predicted octanol–water partition coefficient (Wildman–Crippen LogP) is 4.43. The fourth-order valence-corrected chi connectivity index (χ4v) is 4.52. The maximum Gasteiger partial charge on any atom is 0.270 e. The SMILES string of the molecule is CCc1nc2cc(F)ccn2c1C(=O)NCc1ccc(N2CCN(c3ccc(F)cc3)CC2)cc1. The van der Waals surface area contributed by atoms with Crippen molar-refractivity contribution in [3.8, 4) is 0 Å². The fraction of sp³-hybridized carbons (Fsp3) is 0.259. The molecule has 4 aromatic rings. The summed E-state index contributed by atoms with van der Waals surface area (Å²) in [6, 6.07) is 17.5. The zero-order valence-corrected chi connectivity index (χ0v) is 19.5. The zero-order valence-electron chi connectivity index (χ0n) is 19.5. The molecule has 5 rings (SSSR count).